The van der Waals surface area contributed by atoms with Crippen molar-refractivity contribution in [2.45, 2.75) is 5.75 Å². The summed E-state index contributed by atoms with van der Waals surface area (Å²) in [5, 5.41) is 14.2. The van der Waals surface area contributed by atoms with Crippen molar-refractivity contribution in [3.63, 3.8) is 0 Å². The molecule has 1 amide bonds. The Morgan fingerprint density at radius 3 is 2.58 bits per heavy atom. The lowest BCUT2D eigenvalue weighted by atomic mass is 10.1. The van der Waals surface area contributed by atoms with Crippen molar-refractivity contribution < 1.29 is 4.79 Å². The van der Waals surface area contributed by atoms with Gasteiger partial charge in [0, 0.05) is 11.4 Å². The van der Waals surface area contributed by atoms with Gasteiger partial charge in [0.25, 0.3) is 0 Å². The van der Waals surface area contributed by atoms with E-state index >= 15 is 0 Å². The quantitative estimate of drug-likeness (QED) is 0.744. The number of rotatable bonds is 5. The fraction of sp³-hybridized carbons (Fsp3) is 0.100. The van der Waals surface area contributed by atoms with Crippen LogP contribution in [-0.4, -0.2) is 11.7 Å². The van der Waals surface area contributed by atoms with E-state index in [0.29, 0.717) is 17.1 Å². The molecule has 3 nitrogen and oxygen atoms in total. The van der Waals surface area contributed by atoms with Gasteiger partial charge in [0.2, 0.25) is 5.91 Å². The Morgan fingerprint density at radius 2 is 1.75 bits per heavy atom. The van der Waals surface area contributed by atoms with Gasteiger partial charge in [-0.3, -0.25) is 4.79 Å². The first-order valence-electron chi connectivity index (χ1n) is 7.60. The number of nitriles is 1. The minimum Gasteiger partial charge on any atom is -0.325 e. The first-order valence-corrected chi connectivity index (χ1v) is 8.76. The number of carbonyl (C=O) groups excluding carboxylic acids is 1. The number of amides is 1. The van der Waals surface area contributed by atoms with Crippen LogP contribution in [-0.2, 0) is 10.5 Å². The van der Waals surface area contributed by atoms with Crippen LogP contribution in [0.15, 0.2) is 66.7 Å². The number of anilines is 1. The Bertz CT molecular complexity index is 915. The first kappa shape index (κ1) is 16.1. The SMILES string of the molecule is N#Cc1ccccc1CSCC(=O)Nc1ccc2ccccc2c1. The van der Waals surface area contributed by atoms with Crippen molar-refractivity contribution in [2.24, 2.45) is 0 Å². The number of thioether (sulfide) groups is 1. The van der Waals surface area contributed by atoms with E-state index in [-0.39, 0.29) is 5.91 Å². The summed E-state index contributed by atoms with van der Waals surface area (Å²) in [5.41, 5.74) is 2.43. The van der Waals surface area contributed by atoms with Crippen molar-refractivity contribution in [3.8, 4) is 6.07 Å². The highest BCUT2D eigenvalue weighted by Crippen LogP contribution is 2.20. The van der Waals surface area contributed by atoms with Crippen LogP contribution in [0.1, 0.15) is 11.1 Å². The first-order chi connectivity index (χ1) is 11.8. The average molecular weight is 332 g/mol. The van der Waals surface area contributed by atoms with Crippen molar-refractivity contribution >= 4 is 34.1 Å². The van der Waals surface area contributed by atoms with Crippen molar-refractivity contribution in [2.75, 3.05) is 11.1 Å². The third kappa shape index (κ3) is 3.95. The Balaban J connectivity index is 1.56. The number of nitrogens with one attached hydrogen (secondary N) is 1. The van der Waals surface area contributed by atoms with Gasteiger partial charge in [-0.05, 0) is 34.5 Å². The molecule has 0 radical (unpaired) electrons. The number of carbonyl (C=O) groups is 1. The fourth-order valence-electron chi connectivity index (χ4n) is 2.47. The van der Waals surface area contributed by atoms with Crippen LogP contribution in [0, 0.1) is 11.3 Å². The molecule has 1 N–H and O–H groups in total. The number of hydrogen-bond donors (Lipinski definition) is 1. The highest BCUT2D eigenvalue weighted by atomic mass is 32.2. The summed E-state index contributed by atoms with van der Waals surface area (Å²) in [7, 11) is 0. The molecule has 0 aliphatic rings. The third-order valence-electron chi connectivity index (χ3n) is 3.66. The second-order valence-electron chi connectivity index (χ2n) is 5.37. The zero-order valence-corrected chi connectivity index (χ0v) is 13.8. The van der Waals surface area contributed by atoms with Gasteiger partial charge in [-0.15, -0.1) is 11.8 Å². The maximum Gasteiger partial charge on any atom is 0.234 e. The lowest BCUT2D eigenvalue weighted by molar-refractivity contribution is -0.113. The van der Waals surface area contributed by atoms with Crippen LogP contribution in [0.25, 0.3) is 10.8 Å². The molecule has 4 heteroatoms. The fourth-order valence-corrected chi connectivity index (χ4v) is 3.30. The molecule has 0 unspecified atom stereocenters. The topological polar surface area (TPSA) is 52.9 Å². The van der Waals surface area contributed by atoms with Crippen LogP contribution < -0.4 is 5.32 Å². The highest BCUT2D eigenvalue weighted by molar-refractivity contribution is 7.99. The molecular formula is C20H16N2OS. The summed E-state index contributed by atoms with van der Waals surface area (Å²) in [5.74, 6) is 0.964. The standard InChI is InChI=1S/C20H16N2OS/c21-12-17-7-3-4-8-18(17)13-24-14-20(23)22-19-10-9-15-5-1-2-6-16(15)11-19/h1-11H,13-14H2,(H,22,23). The second-order valence-corrected chi connectivity index (χ2v) is 6.36. The number of hydrogen-bond acceptors (Lipinski definition) is 3. The van der Waals surface area contributed by atoms with E-state index in [9.17, 15) is 4.79 Å². The molecule has 0 aliphatic heterocycles. The molecule has 0 fully saturated rings. The van der Waals surface area contributed by atoms with Crippen molar-refractivity contribution in [1.29, 1.82) is 5.26 Å². The molecule has 3 aromatic rings. The molecule has 0 aromatic heterocycles. The Labute approximate surface area is 145 Å². The van der Waals surface area contributed by atoms with E-state index in [1.54, 1.807) is 6.07 Å². The predicted octanol–water partition coefficient (Wildman–Crippen LogP) is 4.58. The monoisotopic (exact) mass is 332 g/mol. The summed E-state index contributed by atoms with van der Waals surface area (Å²) >= 11 is 1.50. The Hall–Kier alpha value is -2.77. The molecule has 118 valence electrons. The minimum atomic E-state index is -0.0373. The van der Waals surface area contributed by atoms with Crippen LogP contribution in [0.4, 0.5) is 5.69 Å². The van der Waals surface area contributed by atoms with Crippen LogP contribution in [0.3, 0.4) is 0 Å². The molecule has 3 aromatic carbocycles. The molecule has 3 rings (SSSR count). The van der Waals surface area contributed by atoms with E-state index in [4.69, 9.17) is 5.26 Å². The van der Waals surface area contributed by atoms with Crippen LogP contribution >= 0.6 is 11.8 Å². The highest BCUT2D eigenvalue weighted by Gasteiger charge is 2.06. The summed E-state index contributed by atoms with van der Waals surface area (Å²) in [6.07, 6.45) is 0. The van der Waals surface area contributed by atoms with Gasteiger partial charge in [0.05, 0.1) is 17.4 Å². The number of nitrogens with zero attached hydrogens (tertiary/aromatic N) is 1. The lowest BCUT2D eigenvalue weighted by Gasteiger charge is -2.07. The predicted molar refractivity (Wildman–Crippen MR) is 99.9 cm³/mol. The normalized spacial score (nSPS) is 10.3. The van der Waals surface area contributed by atoms with Gasteiger partial charge in [-0.25, -0.2) is 0 Å². The van der Waals surface area contributed by atoms with Gasteiger partial charge in [0.15, 0.2) is 0 Å². The number of benzene rings is 3. The molecule has 0 atom stereocenters. The van der Waals surface area contributed by atoms with Crippen molar-refractivity contribution in [1.82, 2.24) is 0 Å². The second kappa shape index (κ2) is 7.67. The van der Waals surface area contributed by atoms with Gasteiger partial charge < -0.3 is 5.32 Å². The third-order valence-corrected chi connectivity index (χ3v) is 4.64. The van der Waals surface area contributed by atoms with Gasteiger partial charge in [-0.1, -0.05) is 48.5 Å². The van der Waals surface area contributed by atoms with Gasteiger partial charge in [-0.2, -0.15) is 5.26 Å². The summed E-state index contributed by atoms with van der Waals surface area (Å²) in [6, 6.07) is 23.6. The van der Waals surface area contributed by atoms with E-state index in [1.807, 2.05) is 60.7 Å². The summed E-state index contributed by atoms with van der Waals surface area (Å²) in [4.78, 5) is 12.1. The maximum absolute atomic E-state index is 12.1. The van der Waals surface area contributed by atoms with E-state index < -0.39 is 0 Å². The average Bonchev–Trinajstić information content (AvgIpc) is 2.62. The lowest BCUT2D eigenvalue weighted by Crippen LogP contribution is -2.14. The molecular weight excluding hydrogens is 316 g/mol. The molecule has 0 saturated heterocycles. The molecule has 0 saturated carbocycles. The smallest absolute Gasteiger partial charge is 0.234 e. The van der Waals surface area contributed by atoms with Crippen LogP contribution in [0.5, 0.6) is 0 Å². The van der Waals surface area contributed by atoms with Gasteiger partial charge >= 0.3 is 0 Å². The van der Waals surface area contributed by atoms with E-state index in [2.05, 4.69) is 11.4 Å². The molecule has 0 aliphatic carbocycles. The van der Waals surface area contributed by atoms with E-state index in [0.717, 1.165) is 22.0 Å². The molecule has 0 bridgehead atoms. The molecule has 0 heterocycles. The molecule has 0 spiro atoms. The Morgan fingerprint density at radius 1 is 1.00 bits per heavy atom. The largest absolute Gasteiger partial charge is 0.325 e. The van der Waals surface area contributed by atoms with Gasteiger partial charge in [0.1, 0.15) is 0 Å². The Kier molecular flexibility index (Phi) is 5.15. The summed E-state index contributed by atoms with van der Waals surface area (Å²) in [6.45, 7) is 0. The zero-order chi connectivity index (χ0) is 16.8. The molecule has 24 heavy (non-hydrogen) atoms. The minimum absolute atomic E-state index is 0.0373. The maximum atomic E-state index is 12.1. The van der Waals surface area contributed by atoms with Crippen molar-refractivity contribution in [3.05, 3.63) is 77.9 Å². The summed E-state index contributed by atoms with van der Waals surface area (Å²) < 4.78 is 0. The number of fused-ring (bicyclic) bond motifs is 1. The van der Waals surface area contributed by atoms with Crippen LogP contribution in [0.2, 0.25) is 0 Å². The zero-order valence-electron chi connectivity index (χ0n) is 13.0. The van der Waals surface area contributed by atoms with E-state index in [1.165, 1.54) is 11.8 Å².